The van der Waals surface area contributed by atoms with Crippen molar-refractivity contribution in [1.29, 1.82) is 0 Å². The lowest BCUT2D eigenvalue weighted by atomic mass is 10.3. The predicted octanol–water partition coefficient (Wildman–Crippen LogP) is 1.87. The number of imidazole rings is 1. The molecule has 0 atom stereocenters. The van der Waals surface area contributed by atoms with Crippen LogP contribution in [-0.4, -0.2) is 48.1 Å². The number of benzene rings is 1. The summed E-state index contributed by atoms with van der Waals surface area (Å²) in [4.78, 5) is 10.8. The number of hydrogen-bond donors (Lipinski definition) is 1. The summed E-state index contributed by atoms with van der Waals surface area (Å²) in [6.45, 7) is 3.92. The summed E-state index contributed by atoms with van der Waals surface area (Å²) in [5, 5.41) is 3.34. The zero-order chi connectivity index (χ0) is 14.5. The van der Waals surface area contributed by atoms with Crippen LogP contribution in [0.1, 0.15) is 12.2 Å². The number of para-hydroxylation sites is 2. The van der Waals surface area contributed by atoms with Gasteiger partial charge in [-0.1, -0.05) is 12.1 Å². The van der Waals surface area contributed by atoms with Gasteiger partial charge in [-0.05, 0) is 25.5 Å². The van der Waals surface area contributed by atoms with Crippen LogP contribution in [0.5, 0.6) is 0 Å². The van der Waals surface area contributed by atoms with Crippen LogP contribution in [0.3, 0.4) is 0 Å². The maximum atomic E-state index is 4.58. The first-order chi connectivity index (χ1) is 9.63. The van der Waals surface area contributed by atoms with Crippen LogP contribution in [0.25, 0.3) is 11.0 Å². The van der Waals surface area contributed by atoms with E-state index >= 15 is 0 Å². The smallest absolute Gasteiger partial charge is 0.193 e. The van der Waals surface area contributed by atoms with Gasteiger partial charge in [0.1, 0.15) is 5.82 Å². The van der Waals surface area contributed by atoms with E-state index in [0.29, 0.717) is 0 Å². The molecule has 0 unspecified atom stereocenters. The van der Waals surface area contributed by atoms with E-state index in [1.165, 1.54) is 5.52 Å². The number of aryl methyl sites for hydroxylation is 2. The van der Waals surface area contributed by atoms with E-state index in [4.69, 9.17) is 0 Å². The Morgan fingerprint density at radius 1 is 1.35 bits per heavy atom. The van der Waals surface area contributed by atoms with Gasteiger partial charge in [0.15, 0.2) is 5.96 Å². The molecule has 5 heteroatoms. The lowest BCUT2D eigenvalue weighted by Crippen LogP contribution is -2.37. The topological polar surface area (TPSA) is 45.5 Å². The first-order valence-electron chi connectivity index (χ1n) is 6.93. The maximum Gasteiger partial charge on any atom is 0.193 e. The zero-order valence-corrected chi connectivity index (χ0v) is 12.7. The minimum absolute atomic E-state index is 0.900. The molecule has 0 saturated heterocycles. The first kappa shape index (κ1) is 14.4. The van der Waals surface area contributed by atoms with Crippen LogP contribution in [0.2, 0.25) is 0 Å². The van der Waals surface area contributed by atoms with Crippen LogP contribution >= 0.6 is 0 Å². The Morgan fingerprint density at radius 2 is 2.10 bits per heavy atom. The third-order valence-corrected chi connectivity index (χ3v) is 3.32. The van der Waals surface area contributed by atoms with E-state index in [0.717, 1.165) is 36.8 Å². The zero-order valence-electron chi connectivity index (χ0n) is 12.7. The lowest BCUT2D eigenvalue weighted by molar-refractivity contribution is 0.564. The molecule has 0 fully saturated rings. The Labute approximate surface area is 120 Å². The molecule has 0 bridgehead atoms. The van der Waals surface area contributed by atoms with Gasteiger partial charge in [0, 0.05) is 34.2 Å². The Bertz CT molecular complexity index is 597. The predicted molar refractivity (Wildman–Crippen MR) is 84.1 cm³/mol. The second kappa shape index (κ2) is 6.41. The highest BCUT2D eigenvalue weighted by Gasteiger charge is 2.06. The van der Waals surface area contributed by atoms with Crippen molar-refractivity contribution in [3.63, 3.8) is 0 Å². The summed E-state index contributed by atoms with van der Waals surface area (Å²) in [5.74, 6) is 1.99. The highest BCUT2D eigenvalue weighted by molar-refractivity contribution is 5.79. The van der Waals surface area contributed by atoms with E-state index in [2.05, 4.69) is 45.0 Å². The molecule has 1 aromatic heterocycles. The summed E-state index contributed by atoms with van der Waals surface area (Å²) in [6, 6.07) is 8.28. The minimum atomic E-state index is 0.900. The Balaban J connectivity index is 1.95. The number of nitrogens with zero attached hydrogens (tertiary/aromatic N) is 4. The summed E-state index contributed by atoms with van der Waals surface area (Å²) >= 11 is 0. The molecule has 108 valence electrons. The second-order valence-corrected chi connectivity index (χ2v) is 5.02. The number of aromatic nitrogens is 2. The van der Waals surface area contributed by atoms with Gasteiger partial charge >= 0.3 is 0 Å². The van der Waals surface area contributed by atoms with Gasteiger partial charge in [0.05, 0.1) is 11.0 Å². The molecule has 2 aromatic rings. The van der Waals surface area contributed by atoms with Gasteiger partial charge < -0.3 is 14.8 Å². The molecule has 20 heavy (non-hydrogen) atoms. The van der Waals surface area contributed by atoms with Crippen molar-refractivity contribution < 1.29 is 0 Å². The minimum Gasteiger partial charge on any atom is -0.356 e. The highest BCUT2D eigenvalue weighted by Crippen LogP contribution is 2.15. The molecule has 1 aromatic carbocycles. The van der Waals surface area contributed by atoms with Gasteiger partial charge in [-0.2, -0.15) is 0 Å². The molecule has 0 aliphatic rings. The first-order valence-corrected chi connectivity index (χ1v) is 6.93. The Kier molecular flexibility index (Phi) is 4.61. The van der Waals surface area contributed by atoms with Crippen molar-refractivity contribution in [1.82, 2.24) is 19.8 Å². The van der Waals surface area contributed by atoms with Crippen LogP contribution in [0, 0.1) is 6.92 Å². The average molecular weight is 273 g/mol. The van der Waals surface area contributed by atoms with Crippen LogP contribution in [0.15, 0.2) is 29.3 Å². The fourth-order valence-corrected chi connectivity index (χ4v) is 2.35. The molecular weight excluding hydrogens is 250 g/mol. The lowest BCUT2D eigenvalue weighted by Gasteiger charge is -2.17. The van der Waals surface area contributed by atoms with E-state index in [1.807, 2.05) is 25.1 Å². The van der Waals surface area contributed by atoms with E-state index < -0.39 is 0 Å². The van der Waals surface area contributed by atoms with E-state index in [9.17, 15) is 0 Å². The number of aliphatic imine (C=N–C) groups is 1. The number of fused-ring (bicyclic) bond motifs is 1. The maximum absolute atomic E-state index is 4.58. The molecule has 0 saturated carbocycles. The van der Waals surface area contributed by atoms with E-state index in [-0.39, 0.29) is 0 Å². The molecule has 0 radical (unpaired) electrons. The molecule has 0 aliphatic carbocycles. The molecule has 1 N–H and O–H groups in total. The van der Waals surface area contributed by atoms with Crippen LogP contribution in [-0.2, 0) is 6.54 Å². The fourth-order valence-electron chi connectivity index (χ4n) is 2.35. The largest absolute Gasteiger partial charge is 0.356 e. The summed E-state index contributed by atoms with van der Waals surface area (Å²) in [7, 11) is 5.78. The number of nitrogens with one attached hydrogen (secondary N) is 1. The molecule has 0 spiro atoms. The molecule has 1 heterocycles. The normalized spacial score (nSPS) is 11.9. The number of hydrogen-bond acceptors (Lipinski definition) is 2. The monoisotopic (exact) mass is 273 g/mol. The van der Waals surface area contributed by atoms with Crippen molar-refractivity contribution in [3.8, 4) is 0 Å². The van der Waals surface area contributed by atoms with Gasteiger partial charge in [0.25, 0.3) is 0 Å². The third-order valence-electron chi connectivity index (χ3n) is 3.32. The number of rotatable bonds is 4. The standard InChI is InChI=1S/C15H23N5/c1-12-18-13-8-5-6-9-14(13)20(12)11-7-10-17-15(16-2)19(3)4/h5-6,8-9H,7,10-11H2,1-4H3,(H,16,17). The highest BCUT2D eigenvalue weighted by atomic mass is 15.3. The summed E-state index contributed by atoms with van der Waals surface area (Å²) in [6.07, 6.45) is 1.04. The Hall–Kier alpha value is -2.04. The number of guanidine groups is 1. The van der Waals surface area contributed by atoms with Gasteiger partial charge in [-0.3, -0.25) is 4.99 Å². The van der Waals surface area contributed by atoms with Crippen LogP contribution in [0.4, 0.5) is 0 Å². The van der Waals surface area contributed by atoms with E-state index in [1.54, 1.807) is 7.05 Å². The van der Waals surface area contributed by atoms with Crippen molar-refractivity contribution in [2.45, 2.75) is 19.9 Å². The third kappa shape index (κ3) is 3.10. The van der Waals surface area contributed by atoms with Crippen molar-refractivity contribution in [2.24, 2.45) is 4.99 Å². The molecule has 5 nitrogen and oxygen atoms in total. The molecular formula is C15H23N5. The van der Waals surface area contributed by atoms with Gasteiger partial charge in [0.2, 0.25) is 0 Å². The molecule has 0 aliphatic heterocycles. The van der Waals surface area contributed by atoms with Crippen molar-refractivity contribution in [3.05, 3.63) is 30.1 Å². The fraction of sp³-hybridized carbons (Fsp3) is 0.467. The van der Waals surface area contributed by atoms with Crippen molar-refractivity contribution in [2.75, 3.05) is 27.7 Å². The summed E-state index contributed by atoms with van der Waals surface area (Å²) in [5.41, 5.74) is 2.28. The molecule has 0 amide bonds. The Morgan fingerprint density at radius 3 is 2.80 bits per heavy atom. The van der Waals surface area contributed by atoms with Crippen molar-refractivity contribution >= 4 is 17.0 Å². The average Bonchev–Trinajstić information content (AvgIpc) is 2.74. The van der Waals surface area contributed by atoms with Gasteiger partial charge in [-0.25, -0.2) is 4.98 Å². The second-order valence-electron chi connectivity index (χ2n) is 5.02. The molecule has 2 rings (SSSR count). The SMILES string of the molecule is CN=C(NCCCn1c(C)nc2ccccc21)N(C)C. The van der Waals surface area contributed by atoms with Gasteiger partial charge in [-0.15, -0.1) is 0 Å². The van der Waals surface area contributed by atoms with Crippen LogP contribution < -0.4 is 5.32 Å². The summed E-state index contributed by atoms with van der Waals surface area (Å²) < 4.78 is 2.27. The quantitative estimate of drug-likeness (QED) is 0.525.